The van der Waals surface area contributed by atoms with E-state index in [-0.39, 0.29) is 6.10 Å². The van der Waals surface area contributed by atoms with E-state index in [1.165, 1.54) is 21.5 Å². The normalized spacial score (nSPS) is 12.9. The Kier molecular flexibility index (Phi) is 3.70. The molecule has 0 saturated heterocycles. The number of unbranched alkanes of at least 4 members (excludes halogenated alkanes) is 1. The zero-order valence-corrected chi connectivity index (χ0v) is 11.8. The highest BCUT2D eigenvalue weighted by atomic mass is 16.3. The summed E-state index contributed by atoms with van der Waals surface area (Å²) in [6.45, 7) is 2.16. The zero-order chi connectivity index (χ0) is 13.9. The van der Waals surface area contributed by atoms with Crippen LogP contribution in [0.15, 0.2) is 54.6 Å². The molecule has 0 aliphatic rings. The lowest BCUT2D eigenvalue weighted by molar-refractivity contribution is 0.166. The third-order valence-corrected chi connectivity index (χ3v) is 3.97. The Morgan fingerprint density at radius 1 is 0.900 bits per heavy atom. The van der Waals surface area contributed by atoms with Crippen molar-refractivity contribution in [1.82, 2.24) is 0 Å². The van der Waals surface area contributed by atoms with Gasteiger partial charge in [-0.15, -0.1) is 0 Å². The van der Waals surface area contributed by atoms with E-state index in [0.717, 1.165) is 24.8 Å². The van der Waals surface area contributed by atoms with Crippen LogP contribution in [0.1, 0.15) is 37.9 Å². The molecule has 1 N–H and O–H groups in total. The predicted molar refractivity (Wildman–Crippen MR) is 85.9 cm³/mol. The molecule has 1 nitrogen and oxygen atoms in total. The standard InChI is InChI=1S/C19H20O/c1-2-3-11-19(20)17-10-6-9-16-12-14-7-4-5-8-15(14)13-18(16)17/h4-10,12-13,19-20H,2-3,11H2,1H3. The van der Waals surface area contributed by atoms with Gasteiger partial charge in [-0.2, -0.15) is 0 Å². The van der Waals surface area contributed by atoms with Crippen molar-refractivity contribution >= 4 is 21.5 Å². The Morgan fingerprint density at radius 3 is 2.35 bits per heavy atom. The second-order valence-corrected chi connectivity index (χ2v) is 5.43. The van der Waals surface area contributed by atoms with Gasteiger partial charge in [-0.25, -0.2) is 0 Å². The largest absolute Gasteiger partial charge is 0.388 e. The van der Waals surface area contributed by atoms with Gasteiger partial charge in [0.2, 0.25) is 0 Å². The zero-order valence-electron chi connectivity index (χ0n) is 11.8. The van der Waals surface area contributed by atoms with Crippen LogP contribution in [-0.4, -0.2) is 5.11 Å². The van der Waals surface area contributed by atoms with E-state index in [2.05, 4.69) is 55.5 Å². The highest BCUT2D eigenvalue weighted by Gasteiger charge is 2.11. The molecule has 1 heteroatoms. The van der Waals surface area contributed by atoms with Crippen molar-refractivity contribution in [2.45, 2.75) is 32.3 Å². The molecule has 0 amide bonds. The fraction of sp³-hybridized carbons (Fsp3) is 0.263. The molecular formula is C19H20O. The summed E-state index contributed by atoms with van der Waals surface area (Å²) in [6.07, 6.45) is 2.65. The first kappa shape index (κ1) is 13.1. The summed E-state index contributed by atoms with van der Waals surface area (Å²) in [5.74, 6) is 0. The number of aliphatic hydroxyl groups excluding tert-OH is 1. The van der Waals surface area contributed by atoms with Crippen molar-refractivity contribution in [3.63, 3.8) is 0 Å². The van der Waals surface area contributed by atoms with Crippen LogP contribution < -0.4 is 0 Å². The quantitative estimate of drug-likeness (QED) is 0.641. The smallest absolute Gasteiger partial charge is 0.0796 e. The van der Waals surface area contributed by atoms with Crippen LogP contribution in [0.3, 0.4) is 0 Å². The van der Waals surface area contributed by atoms with Crippen LogP contribution in [0.5, 0.6) is 0 Å². The molecule has 0 aromatic heterocycles. The van der Waals surface area contributed by atoms with Gasteiger partial charge >= 0.3 is 0 Å². The van der Waals surface area contributed by atoms with Crippen LogP contribution in [0.4, 0.5) is 0 Å². The fourth-order valence-electron chi connectivity index (χ4n) is 2.83. The number of fused-ring (bicyclic) bond motifs is 2. The van der Waals surface area contributed by atoms with E-state index in [9.17, 15) is 5.11 Å². The SMILES string of the molecule is CCCCC(O)c1cccc2cc3ccccc3cc12. The van der Waals surface area contributed by atoms with Gasteiger partial charge in [0.15, 0.2) is 0 Å². The van der Waals surface area contributed by atoms with E-state index in [0.29, 0.717) is 0 Å². The maximum Gasteiger partial charge on any atom is 0.0796 e. The van der Waals surface area contributed by atoms with E-state index in [1.807, 2.05) is 6.07 Å². The van der Waals surface area contributed by atoms with Crippen molar-refractivity contribution in [2.24, 2.45) is 0 Å². The molecule has 0 aliphatic heterocycles. The molecule has 3 rings (SSSR count). The summed E-state index contributed by atoms with van der Waals surface area (Å²) in [7, 11) is 0. The van der Waals surface area contributed by atoms with Gasteiger partial charge in [-0.05, 0) is 45.7 Å². The lowest BCUT2D eigenvalue weighted by Gasteiger charge is -2.14. The van der Waals surface area contributed by atoms with E-state index in [1.54, 1.807) is 0 Å². The first-order chi connectivity index (χ1) is 9.79. The highest BCUT2D eigenvalue weighted by molar-refractivity contribution is 5.99. The molecule has 0 radical (unpaired) electrons. The van der Waals surface area contributed by atoms with Crippen LogP contribution in [0.25, 0.3) is 21.5 Å². The van der Waals surface area contributed by atoms with Crippen molar-refractivity contribution in [3.05, 3.63) is 60.2 Å². The van der Waals surface area contributed by atoms with E-state index >= 15 is 0 Å². The molecule has 0 saturated carbocycles. The van der Waals surface area contributed by atoms with Gasteiger partial charge in [0.25, 0.3) is 0 Å². The van der Waals surface area contributed by atoms with Crippen LogP contribution in [0.2, 0.25) is 0 Å². The topological polar surface area (TPSA) is 20.2 Å². The number of benzene rings is 3. The molecule has 1 unspecified atom stereocenters. The van der Waals surface area contributed by atoms with Gasteiger partial charge in [-0.1, -0.05) is 62.2 Å². The van der Waals surface area contributed by atoms with E-state index < -0.39 is 0 Å². The number of rotatable bonds is 4. The third-order valence-electron chi connectivity index (χ3n) is 3.97. The summed E-state index contributed by atoms with van der Waals surface area (Å²) >= 11 is 0. The fourth-order valence-corrected chi connectivity index (χ4v) is 2.83. The van der Waals surface area contributed by atoms with Crippen molar-refractivity contribution < 1.29 is 5.11 Å². The molecule has 1 atom stereocenters. The van der Waals surface area contributed by atoms with Gasteiger partial charge in [-0.3, -0.25) is 0 Å². The first-order valence-electron chi connectivity index (χ1n) is 7.39. The predicted octanol–water partition coefficient (Wildman–Crippen LogP) is 5.22. The molecule has 20 heavy (non-hydrogen) atoms. The van der Waals surface area contributed by atoms with Gasteiger partial charge in [0, 0.05) is 0 Å². The molecule has 0 bridgehead atoms. The highest BCUT2D eigenvalue weighted by Crippen LogP contribution is 2.30. The molecular weight excluding hydrogens is 244 g/mol. The van der Waals surface area contributed by atoms with Crippen molar-refractivity contribution in [3.8, 4) is 0 Å². The minimum absolute atomic E-state index is 0.361. The van der Waals surface area contributed by atoms with Crippen molar-refractivity contribution in [2.75, 3.05) is 0 Å². The first-order valence-corrected chi connectivity index (χ1v) is 7.39. The Hall–Kier alpha value is -1.86. The second kappa shape index (κ2) is 5.64. The average Bonchev–Trinajstić information content (AvgIpc) is 2.50. The minimum Gasteiger partial charge on any atom is -0.388 e. The molecule has 0 fully saturated rings. The maximum atomic E-state index is 10.4. The Morgan fingerprint density at radius 2 is 1.60 bits per heavy atom. The molecule has 102 valence electrons. The summed E-state index contributed by atoms with van der Waals surface area (Å²) < 4.78 is 0. The van der Waals surface area contributed by atoms with E-state index in [4.69, 9.17) is 0 Å². The molecule has 0 aliphatic carbocycles. The lowest BCUT2D eigenvalue weighted by Crippen LogP contribution is -1.98. The minimum atomic E-state index is -0.361. The number of hydrogen-bond donors (Lipinski definition) is 1. The van der Waals surface area contributed by atoms with Crippen LogP contribution >= 0.6 is 0 Å². The van der Waals surface area contributed by atoms with Gasteiger partial charge in [0.05, 0.1) is 6.10 Å². The molecule has 3 aromatic rings. The van der Waals surface area contributed by atoms with Gasteiger partial charge in [0.1, 0.15) is 0 Å². The summed E-state index contributed by atoms with van der Waals surface area (Å²) in [4.78, 5) is 0. The molecule has 0 spiro atoms. The van der Waals surface area contributed by atoms with Crippen molar-refractivity contribution in [1.29, 1.82) is 0 Å². The lowest BCUT2D eigenvalue weighted by atomic mass is 9.95. The third kappa shape index (κ3) is 2.41. The summed E-state index contributed by atoms with van der Waals surface area (Å²) in [6, 6.07) is 19.0. The average molecular weight is 264 g/mol. The maximum absolute atomic E-state index is 10.4. The monoisotopic (exact) mass is 264 g/mol. The van der Waals surface area contributed by atoms with Gasteiger partial charge < -0.3 is 5.11 Å². The van der Waals surface area contributed by atoms with Crippen LogP contribution in [-0.2, 0) is 0 Å². The second-order valence-electron chi connectivity index (χ2n) is 5.43. The summed E-state index contributed by atoms with van der Waals surface area (Å²) in [5.41, 5.74) is 1.06. The molecule has 0 heterocycles. The molecule has 3 aromatic carbocycles. The van der Waals surface area contributed by atoms with Crippen LogP contribution in [0, 0.1) is 0 Å². The number of hydrogen-bond acceptors (Lipinski definition) is 1. The number of aliphatic hydroxyl groups is 1. The summed E-state index contributed by atoms with van der Waals surface area (Å²) in [5, 5.41) is 15.3. The Bertz CT molecular complexity index is 730. The Labute approximate surface area is 119 Å². The Balaban J connectivity index is 2.15.